The first-order valence-electron chi connectivity index (χ1n) is 13.3. The zero-order chi connectivity index (χ0) is 30.3. The monoisotopic (exact) mass is 616 g/mol. The lowest BCUT2D eigenvalue weighted by atomic mass is 9.83. The lowest BCUT2D eigenvalue weighted by molar-refractivity contribution is -0.136. The van der Waals surface area contributed by atoms with Gasteiger partial charge in [-0.15, -0.1) is 0 Å². The fourth-order valence-electron chi connectivity index (χ4n) is 4.56. The fraction of sp³-hybridized carbons (Fsp3) is 0.152. The van der Waals surface area contributed by atoms with Crippen LogP contribution in [-0.2, 0) is 11.4 Å². The molecule has 0 fully saturated rings. The van der Waals surface area contributed by atoms with Gasteiger partial charge in [0.2, 0.25) is 5.88 Å². The number of para-hydroxylation sites is 1. The molecule has 8 nitrogen and oxygen atoms in total. The molecule has 1 heterocycles. The molecule has 0 aromatic heterocycles. The second-order valence-electron chi connectivity index (χ2n) is 9.34. The minimum absolute atomic E-state index is 0.0532. The molecule has 218 valence electrons. The highest BCUT2D eigenvalue weighted by Crippen LogP contribution is 2.45. The summed E-state index contributed by atoms with van der Waals surface area (Å²) in [6.07, 6.45) is 0. The third kappa shape index (κ3) is 6.81. The van der Waals surface area contributed by atoms with Crippen molar-refractivity contribution in [3.63, 3.8) is 0 Å². The van der Waals surface area contributed by atoms with E-state index in [-0.39, 0.29) is 30.4 Å². The largest absolute Gasteiger partial charge is 0.490 e. The van der Waals surface area contributed by atoms with Crippen molar-refractivity contribution in [1.82, 2.24) is 0 Å². The third-order valence-electron chi connectivity index (χ3n) is 6.55. The van der Waals surface area contributed by atoms with E-state index in [2.05, 4.69) is 6.07 Å². The number of fused-ring (bicyclic) bond motifs is 1. The van der Waals surface area contributed by atoms with Gasteiger partial charge < -0.3 is 29.4 Å². The first-order valence-corrected chi connectivity index (χ1v) is 14.1. The van der Waals surface area contributed by atoms with Gasteiger partial charge in [0.05, 0.1) is 17.5 Å². The van der Waals surface area contributed by atoms with Crippen LogP contribution in [0.2, 0.25) is 10.0 Å². The van der Waals surface area contributed by atoms with E-state index in [1.807, 2.05) is 37.3 Å². The molecule has 4 aromatic rings. The van der Waals surface area contributed by atoms with E-state index >= 15 is 0 Å². The van der Waals surface area contributed by atoms with Crippen LogP contribution in [0, 0.1) is 11.3 Å². The maximum absolute atomic E-state index is 12.5. The Hall–Kier alpha value is -4.84. The van der Waals surface area contributed by atoms with Crippen molar-refractivity contribution in [2.45, 2.75) is 19.4 Å². The minimum atomic E-state index is -0.637. The molecule has 10 heteroatoms. The Kier molecular flexibility index (Phi) is 9.26. The Morgan fingerprint density at radius 1 is 0.907 bits per heavy atom. The average molecular weight is 617 g/mol. The van der Waals surface area contributed by atoms with Crippen molar-refractivity contribution in [1.29, 1.82) is 5.26 Å². The quantitative estimate of drug-likeness (QED) is 0.147. The Morgan fingerprint density at radius 3 is 2.42 bits per heavy atom. The van der Waals surface area contributed by atoms with Gasteiger partial charge in [0, 0.05) is 22.2 Å². The van der Waals surface area contributed by atoms with Gasteiger partial charge in [-0.2, -0.15) is 5.26 Å². The molecule has 0 saturated carbocycles. The number of carbonyl (C=O) groups is 1. The molecule has 1 aliphatic rings. The number of carbonyl (C=O) groups excluding carboxylic acids is 1. The van der Waals surface area contributed by atoms with Crippen LogP contribution in [0.1, 0.15) is 29.5 Å². The SMILES string of the molecule is CCOc1cc(C2C(C#N)=C(N)Oc3cc(OC(=O)COc4ccccc4Cl)ccc32)ccc1OCc1ccccc1Cl. The Bertz CT molecular complexity index is 1730. The fourth-order valence-corrected chi connectivity index (χ4v) is 4.94. The van der Waals surface area contributed by atoms with E-state index in [1.54, 1.807) is 54.6 Å². The molecule has 1 atom stereocenters. The summed E-state index contributed by atoms with van der Waals surface area (Å²) in [7, 11) is 0. The topological polar surface area (TPSA) is 113 Å². The Labute approximate surface area is 258 Å². The first-order chi connectivity index (χ1) is 20.9. The summed E-state index contributed by atoms with van der Waals surface area (Å²) in [5.74, 6) is 0.692. The van der Waals surface area contributed by atoms with Crippen molar-refractivity contribution in [3.05, 3.63) is 123 Å². The molecule has 2 N–H and O–H groups in total. The number of rotatable bonds is 10. The van der Waals surface area contributed by atoms with Crippen molar-refractivity contribution in [3.8, 4) is 34.8 Å². The number of hydrogen-bond acceptors (Lipinski definition) is 8. The lowest BCUT2D eigenvalue weighted by Crippen LogP contribution is -2.22. The molecule has 0 aliphatic carbocycles. The highest BCUT2D eigenvalue weighted by molar-refractivity contribution is 6.32. The van der Waals surface area contributed by atoms with Gasteiger partial charge in [0.15, 0.2) is 18.1 Å². The summed E-state index contributed by atoms with van der Waals surface area (Å²) in [6, 6.07) is 26.8. The van der Waals surface area contributed by atoms with E-state index in [9.17, 15) is 10.1 Å². The molecule has 0 radical (unpaired) electrons. The molecule has 4 aromatic carbocycles. The van der Waals surface area contributed by atoms with Gasteiger partial charge in [-0.3, -0.25) is 0 Å². The predicted molar refractivity (Wildman–Crippen MR) is 162 cm³/mol. The van der Waals surface area contributed by atoms with Crippen LogP contribution < -0.4 is 29.4 Å². The number of esters is 1. The van der Waals surface area contributed by atoms with E-state index < -0.39 is 11.9 Å². The first kappa shape index (κ1) is 29.6. The second kappa shape index (κ2) is 13.4. The van der Waals surface area contributed by atoms with Crippen molar-refractivity contribution in [2.24, 2.45) is 5.73 Å². The number of nitrogens with zero attached hydrogens (tertiary/aromatic N) is 1. The smallest absolute Gasteiger partial charge is 0.349 e. The molecule has 0 saturated heterocycles. The van der Waals surface area contributed by atoms with Crippen molar-refractivity contribution in [2.75, 3.05) is 13.2 Å². The summed E-state index contributed by atoms with van der Waals surface area (Å²) < 4.78 is 28.6. The van der Waals surface area contributed by atoms with Gasteiger partial charge in [-0.05, 0) is 48.9 Å². The molecule has 0 bridgehead atoms. The zero-order valence-electron chi connectivity index (χ0n) is 23.0. The average Bonchev–Trinajstić information content (AvgIpc) is 3.00. The predicted octanol–water partition coefficient (Wildman–Crippen LogP) is 7.17. The number of ether oxygens (including phenoxy) is 5. The maximum Gasteiger partial charge on any atom is 0.349 e. The molecule has 43 heavy (non-hydrogen) atoms. The molecular formula is C33H26Cl2N2O6. The van der Waals surface area contributed by atoms with Crippen molar-refractivity contribution >= 4 is 29.2 Å². The highest BCUT2D eigenvalue weighted by atomic mass is 35.5. The van der Waals surface area contributed by atoms with Crippen LogP contribution in [0.4, 0.5) is 0 Å². The summed E-state index contributed by atoms with van der Waals surface area (Å²) in [4.78, 5) is 12.5. The van der Waals surface area contributed by atoms with Crippen LogP contribution >= 0.6 is 23.2 Å². The van der Waals surface area contributed by atoms with Gasteiger partial charge in [-0.25, -0.2) is 4.79 Å². The summed E-state index contributed by atoms with van der Waals surface area (Å²) in [5.41, 5.74) is 8.65. The normalized spacial score (nSPS) is 13.8. The lowest BCUT2D eigenvalue weighted by Gasteiger charge is -2.27. The van der Waals surface area contributed by atoms with E-state index in [1.165, 1.54) is 0 Å². The van der Waals surface area contributed by atoms with Crippen LogP contribution in [-0.4, -0.2) is 19.2 Å². The second-order valence-corrected chi connectivity index (χ2v) is 10.2. The standard InChI is InChI=1S/C33H26Cl2N2O6/c1-2-39-30-15-20(11-14-28(30)40-18-21-7-3-4-8-25(21)34)32-23-13-12-22(16-29(23)43-33(37)24(32)17-36)42-31(38)19-41-27-10-6-5-9-26(27)35/h3-16,32H,2,18-19,37H2,1H3. The Morgan fingerprint density at radius 2 is 1.67 bits per heavy atom. The van der Waals surface area contributed by atoms with Crippen LogP contribution in [0.25, 0.3) is 0 Å². The van der Waals surface area contributed by atoms with Crippen LogP contribution in [0.5, 0.6) is 28.7 Å². The van der Waals surface area contributed by atoms with Gasteiger partial charge in [-0.1, -0.05) is 65.7 Å². The van der Waals surface area contributed by atoms with Gasteiger partial charge in [0.25, 0.3) is 0 Å². The molecule has 1 aliphatic heterocycles. The summed E-state index contributed by atoms with van der Waals surface area (Å²) >= 11 is 12.4. The summed E-state index contributed by atoms with van der Waals surface area (Å²) in [6.45, 7) is 2.17. The van der Waals surface area contributed by atoms with Crippen LogP contribution in [0.15, 0.2) is 96.4 Å². The van der Waals surface area contributed by atoms with Gasteiger partial charge in [0.1, 0.15) is 35.5 Å². The van der Waals surface area contributed by atoms with Gasteiger partial charge >= 0.3 is 5.97 Å². The third-order valence-corrected chi connectivity index (χ3v) is 7.23. The van der Waals surface area contributed by atoms with E-state index in [0.29, 0.717) is 45.2 Å². The number of benzene rings is 4. The number of nitrogens with two attached hydrogens (primary N) is 1. The number of nitriles is 1. The number of halogens is 2. The van der Waals surface area contributed by atoms with Crippen LogP contribution in [0.3, 0.4) is 0 Å². The number of hydrogen-bond donors (Lipinski definition) is 1. The molecule has 0 spiro atoms. The molecule has 1 unspecified atom stereocenters. The maximum atomic E-state index is 12.5. The van der Waals surface area contributed by atoms with E-state index in [0.717, 1.165) is 11.1 Å². The van der Waals surface area contributed by atoms with Crippen molar-refractivity contribution < 1.29 is 28.5 Å². The Balaban J connectivity index is 1.38. The molecular weight excluding hydrogens is 591 g/mol. The highest BCUT2D eigenvalue weighted by Gasteiger charge is 2.32. The zero-order valence-corrected chi connectivity index (χ0v) is 24.5. The molecule has 0 amide bonds. The minimum Gasteiger partial charge on any atom is -0.490 e. The van der Waals surface area contributed by atoms with E-state index in [4.69, 9.17) is 52.6 Å². The number of allylic oxidation sites excluding steroid dienone is 1. The summed E-state index contributed by atoms with van der Waals surface area (Å²) in [5, 5.41) is 11.0. The molecule has 5 rings (SSSR count).